The molecule has 110 valence electrons. The Morgan fingerprint density at radius 3 is 2.71 bits per heavy atom. The molecule has 0 bridgehead atoms. The Hall–Kier alpha value is -2.21. The number of carbonyl (C=O) groups is 1. The number of H-pyrrole nitrogens is 1. The highest BCUT2D eigenvalue weighted by atomic mass is 32.1. The van der Waals surface area contributed by atoms with E-state index in [1.54, 1.807) is 6.20 Å². The summed E-state index contributed by atoms with van der Waals surface area (Å²) >= 11 is 1.53. The van der Waals surface area contributed by atoms with Crippen molar-refractivity contribution in [3.05, 3.63) is 29.8 Å². The van der Waals surface area contributed by atoms with Crippen LogP contribution in [0.15, 0.2) is 29.8 Å². The highest BCUT2D eigenvalue weighted by Crippen LogP contribution is 2.23. The van der Waals surface area contributed by atoms with E-state index in [1.165, 1.54) is 11.3 Å². The van der Waals surface area contributed by atoms with Gasteiger partial charge in [-0.1, -0.05) is 20.8 Å². The highest BCUT2D eigenvalue weighted by Gasteiger charge is 2.07. The number of thiazole rings is 1. The lowest BCUT2D eigenvalue weighted by molar-refractivity contribution is -0.105. The van der Waals surface area contributed by atoms with Crippen LogP contribution in [0.2, 0.25) is 0 Å². The molecule has 0 spiro atoms. The average Bonchev–Trinajstić information content (AvgIpc) is 3.06. The second kappa shape index (κ2) is 6.99. The van der Waals surface area contributed by atoms with Gasteiger partial charge in [-0.05, 0) is 24.1 Å². The van der Waals surface area contributed by atoms with Crippen molar-refractivity contribution in [3.63, 3.8) is 0 Å². The van der Waals surface area contributed by atoms with Gasteiger partial charge < -0.3 is 10.3 Å². The number of hydrogen-bond donors (Lipinski definition) is 2. The van der Waals surface area contributed by atoms with Gasteiger partial charge in [-0.3, -0.25) is 4.79 Å². The monoisotopic (exact) mass is 302 g/mol. The van der Waals surface area contributed by atoms with Crippen molar-refractivity contribution in [2.45, 2.75) is 20.8 Å². The minimum Gasteiger partial charge on any atom is -0.336 e. The average molecular weight is 302 g/mol. The number of hydrogen-bond acceptors (Lipinski definition) is 4. The van der Waals surface area contributed by atoms with Gasteiger partial charge in [0.2, 0.25) is 6.41 Å². The van der Waals surface area contributed by atoms with Crippen LogP contribution in [0.4, 0.5) is 5.69 Å². The number of aromatic nitrogens is 3. The fourth-order valence-electron chi connectivity index (χ4n) is 1.61. The fourth-order valence-corrected chi connectivity index (χ4v) is 2.19. The van der Waals surface area contributed by atoms with Gasteiger partial charge in [-0.25, -0.2) is 9.97 Å². The normalized spacial score (nSPS) is 10.3. The fraction of sp³-hybridized carbons (Fsp3) is 0.267. The van der Waals surface area contributed by atoms with E-state index in [1.807, 2.05) is 23.6 Å². The smallest absolute Gasteiger partial charge is 0.211 e. The molecule has 2 aromatic heterocycles. The molecular weight excluding hydrogens is 284 g/mol. The third kappa shape index (κ3) is 4.13. The number of rotatable bonds is 3. The van der Waals surface area contributed by atoms with Gasteiger partial charge in [0.25, 0.3) is 0 Å². The molecule has 1 amide bonds. The first kappa shape index (κ1) is 15.2. The molecule has 2 heterocycles. The highest BCUT2D eigenvalue weighted by molar-refractivity contribution is 7.13. The molecule has 3 rings (SSSR count). The van der Waals surface area contributed by atoms with E-state index < -0.39 is 0 Å². The summed E-state index contributed by atoms with van der Waals surface area (Å²) in [5.74, 6) is 1.58. The Bertz CT molecular complexity index is 701. The molecule has 21 heavy (non-hydrogen) atoms. The lowest BCUT2D eigenvalue weighted by Crippen LogP contribution is -1.92. The summed E-state index contributed by atoms with van der Waals surface area (Å²) in [4.78, 5) is 22.2. The van der Waals surface area contributed by atoms with Crippen LogP contribution in [-0.4, -0.2) is 21.4 Å². The van der Waals surface area contributed by atoms with Crippen LogP contribution in [-0.2, 0) is 4.79 Å². The number of nitrogens with one attached hydrogen (secondary N) is 2. The quantitative estimate of drug-likeness (QED) is 0.720. The summed E-state index contributed by atoms with van der Waals surface area (Å²) in [7, 11) is 0. The van der Waals surface area contributed by atoms with E-state index in [4.69, 9.17) is 0 Å². The molecule has 0 aliphatic heterocycles. The van der Waals surface area contributed by atoms with Crippen LogP contribution >= 0.6 is 11.3 Å². The standard InChI is InChI=1S/C11H8N4OS.C4H10/c16-6-13-7-1-2-8-9(5-7)15-10(14-8)11-12-3-4-17-11;1-4(2)3/h1-6H,(H,13,16)(H,14,15);4H,1-3H3. The molecule has 0 atom stereocenters. The Morgan fingerprint density at radius 2 is 2.10 bits per heavy atom. The molecule has 0 aliphatic rings. The van der Waals surface area contributed by atoms with E-state index >= 15 is 0 Å². The number of anilines is 1. The largest absolute Gasteiger partial charge is 0.336 e. The van der Waals surface area contributed by atoms with Crippen LogP contribution in [0.5, 0.6) is 0 Å². The molecule has 0 unspecified atom stereocenters. The Labute approximate surface area is 127 Å². The lowest BCUT2D eigenvalue weighted by atomic mass is 10.3. The molecule has 0 saturated carbocycles. The van der Waals surface area contributed by atoms with Gasteiger partial charge in [0.05, 0.1) is 11.0 Å². The van der Waals surface area contributed by atoms with Crippen molar-refractivity contribution in [3.8, 4) is 10.8 Å². The number of carbonyl (C=O) groups excluding carboxylic acids is 1. The minimum atomic E-state index is 0.652. The maximum Gasteiger partial charge on any atom is 0.211 e. The second-order valence-corrected chi connectivity index (χ2v) is 6.04. The van der Waals surface area contributed by atoms with Crippen LogP contribution in [0.3, 0.4) is 0 Å². The minimum absolute atomic E-state index is 0.652. The molecular formula is C15H18N4OS. The summed E-state index contributed by atoms with van der Waals surface area (Å²) in [5, 5.41) is 5.36. The zero-order chi connectivity index (χ0) is 15.2. The van der Waals surface area contributed by atoms with Crippen LogP contribution in [0.1, 0.15) is 20.8 Å². The molecule has 6 heteroatoms. The van der Waals surface area contributed by atoms with E-state index in [0.717, 1.165) is 33.5 Å². The van der Waals surface area contributed by atoms with Crippen LogP contribution < -0.4 is 5.32 Å². The van der Waals surface area contributed by atoms with E-state index in [0.29, 0.717) is 6.41 Å². The number of nitrogens with zero attached hydrogens (tertiary/aromatic N) is 2. The first-order valence-corrected chi connectivity index (χ1v) is 7.58. The molecule has 0 fully saturated rings. The van der Waals surface area contributed by atoms with E-state index in [9.17, 15) is 4.79 Å². The predicted octanol–water partition coefficient (Wildman–Crippen LogP) is 3.92. The molecule has 0 radical (unpaired) electrons. The Balaban J connectivity index is 0.000000361. The van der Waals surface area contributed by atoms with E-state index in [2.05, 4.69) is 41.0 Å². The number of amides is 1. The zero-order valence-electron chi connectivity index (χ0n) is 12.3. The van der Waals surface area contributed by atoms with Crippen LogP contribution in [0.25, 0.3) is 21.9 Å². The van der Waals surface area contributed by atoms with Gasteiger partial charge in [-0.15, -0.1) is 11.3 Å². The van der Waals surface area contributed by atoms with Gasteiger partial charge in [0.1, 0.15) is 0 Å². The number of benzene rings is 1. The summed E-state index contributed by atoms with van der Waals surface area (Å²) in [5.41, 5.74) is 2.47. The Morgan fingerprint density at radius 1 is 1.33 bits per heavy atom. The van der Waals surface area contributed by atoms with Crippen molar-refractivity contribution in [2.24, 2.45) is 5.92 Å². The van der Waals surface area contributed by atoms with E-state index in [-0.39, 0.29) is 0 Å². The van der Waals surface area contributed by atoms with Gasteiger partial charge in [0.15, 0.2) is 10.8 Å². The zero-order valence-corrected chi connectivity index (χ0v) is 13.1. The third-order valence-electron chi connectivity index (χ3n) is 2.34. The number of imidazole rings is 1. The summed E-state index contributed by atoms with van der Waals surface area (Å²) in [6.07, 6.45) is 2.39. The van der Waals surface area contributed by atoms with Crippen molar-refractivity contribution >= 4 is 34.5 Å². The SMILES string of the molecule is CC(C)C.O=CNc1ccc2nc(-c3nccs3)[nH]c2c1. The third-order valence-corrected chi connectivity index (χ3v) is 3.12. The van der Waals surface area contributed by atoms with Crippen molar-refractivity contribution in [2.75, 3.05) is 5.32 Å². The first-order valence-electron chi connectivity index (χ1n) is 6.70. The molecule has 2 N–H and O–H groups in total. The van der Waals surface area contributed by atoms with Gasteiger partial charge >= 0.3 is 0 Å². The topological polar surface area (TPSA) is 70.7 Å². The summed E-state index contributed by atoms with van der Waals surface area (Å²) in [6, 6.07) is 5.51. The maximum atomic E-state index is 10.4. The molecule has 5 nitrogen and oxygen atoms in total. The van der Waals surface area contributed by atoms with Crippen molar-refractivity contribution < 1.29 is 4.79 Å². The number of fused-ring (bicyclic) bond motifs is 1. The molecule has 0 aliphatic carbocycles. The van der Waals surface area contributed by atoms with Crippen LogP contribution in [0, 0.1) is 5.92 Å². The summed E-state index contributed by atoms with van der Waals surface area (Å²) in [6.45, 7) is 6.50. The first-order chi connectivity index (χ1) is 10.1. The second-order valence-electron chi connectivity index (χ2n) is 5.15. The maximum absolute atomic E-state index is 10.4. The molecule has 1 aromatic carbocycles. The molecule has 0 saturated heterocycles. The van der Waals surface area contributed by atoms with Crippen molar-refractivity contribution in [1.29, 1.82) is 0 Å². The number of aromatic amines is 1. The van der Waals surface area contributed by atoms with Gasteiger partial charge in [-0.2, -0.15) is 0 Å². The van der Waals surface area contributed by atoms with Gasteiger partial charge in [0, 0.05) is 17.3 Å². The summed E-state index contributed by atoms with van der Waals surface area (Å²) < 4.78 is 0. The molecule has 3 aromatic rings. The lowest BCUT2D eigenvalue weighted by Gasteiger charge is -1.96. The Kier molecular flexibility index (Phi) is 5.05. The predicted molar refractivity (Wildman–Crippen MR) is 87.4 cm³/mol. The van der Waals surface area contributed by atoms with Crippen molar-refractivity contribution in [1.82, 2.24) is 15.0 Å².